The summed E-state index contributed by atoms with van der Waals surface area (Å²) in [6.45, 7) is 0.568. The Labute approximate surface area is 95.1 Å². The number of aliphatic hydroxyl groups excluding tert-OH is 1. The van der Waals surface area contributed by atoms with Crippen LogP contribution in [0.3, 0.4) is 0 Å². The van der Waals surface area contributed by atoms with Gasteiger partial charge in [0.2, 0.25) is 0 Å². The van der Waals surface area contributed by atoms with E-state index in [0.717, 1.165) is 25.7 Å². The van der Waals surface area contributed by atoms with E-state index in [1.54, 1.807) is 18.3 Å². The summed E-state index contributed by atoms with van der Waals surface area (Å²) in [5.41, 5.74) is 0.574. The lowest BCUT2D eigenvalue weighted by Gasteiger charge is -2.27. The Morgan fingerprint density at radius 2 is 2.31 bits per heavy atom. The van der Waals surface area contributed by atoms with Crippen LogP contribution in [0.15, 0.2) is 18.3 Å². The van der Waals surface area contributed by atoms with Gasteiger partial charge >= 0.3 is 0 Å². The lowest BCUT2D eigenvalue weighted by Crippen LogP contribution is -2.36. The van der Waals surface area contributed by atoms with Crippen molar-refractivity contribution in [3.63, 3.8) is 0 Å². The van der Waals surface area contributed by atoms with Crippen molar-refractivity contribution in [1.29, 1.82) is 0 Å². The van der Waals surface area contributed by atoms with E-state index < -0.39 is 0 Å². The van der Waals surface area contributed by atoms with E-state index in [9.17, 15) is 9.90 Å². The first-order chi connectivity index (χ1) is 7.77. The van der Waals surface area contributed by atoms with Crippen molar-refractivity contribution >= 4 is 5.91 Å². The zero-order valence-corrected chi connectivity index (χ0v) is 9.28. The van der Waals surface area contributed by atoms with Gasteiger partial charge in [-0.2, -0.15) is 0 Å². The molecule has 2 rings (SSSR count). The van der Waals surface area contributed by atoms with Gasteiger partial charge in [-0.15, -0.1) is 0 Å². The number of hydrogen-bond acceptors (Lipinski definition) is 2. The highest BCUT2D eigenvalue weighted by molar-refractivity contribution is 5.92. The number of H-pyrrole nitrogens is 1. The molecule has 0 saturated heterocycles. The van der Waals surface area contributed by atoms with Crippen LogP contribution in [-0.4, -0.2) is 28.6 Å². The Kier molecular flexibility index (Phi) is 3.62. The van der Waals surface area contributed by atoms with Gasteiger partial charge in [0.25, 0.3) is 5.91 Å². The fourth-order valence-corrected chi connectivity index (χ4v) is 2.22. The molecule has 16 heavy (non-hydrogen) atoms. The molecular weight excluding hydrogens is 204 g/mol. The molecule has 0 aliphatic heterocycles. The Morgan fingerprint density at radius 3 is 3.00 bits per heavy atom. The van der Waals surface area contributed by atoms with Crippen molar-refractivity contribution < 1.29 is 9.90 Å². The van der Waals surface area contributed by atoms with Crippen LogP contribution in [0.1, 0.15) is 36.2 Å². The fraction of sp³-hybridized carbons (Fsp3) is 0.583. The average Bonchev–Trinajstić information content (AvgIpc) is 2.81. The molecule has 3 N–H and O–H groups in total. The van der Waals surface area contributed by atoms with E-state index in [1.807, 2.05) is 0 Å². The third-order valence-electron chi connectivity index (χ3n) is 3.24. The first-order valence-electron chi connectivity index (χ1n) is 5.87. The smallest absolute Gasteiger partial charge is 0.267 e. The first-order valence-corrected chi connectivity index (χ1v) is 5.87. The van der Waals surface area contributed by atoms with Gasteiger partial charge < -0.3 is 15.4 Å². The molecule has 1 fully saturated rings. The minimum atomic E-state index is -0.252. The van der Waals surface area contributed by atoms with Crippen LogP contribution in [0.2, 0.25) is 0 Å². The molecule has 0 radical (unpaired) electrons. The summed E-state index contributed by atoms with van der Waals surface area (Å²) < 4.78 is 0. The number of aromatic nitrogens is 1. The van der Waals surface area contributed by atoms with Gasteiger partial charge in [0.1, 0.15) is 5.69 Å². The highest BCUT2D eigenvalue weighted by Gasteiger charge is 2.23. The summed E-state index contributed by atoms with van der Waals surface area (Å²) in [7, 11) is 0. The molecule has 1 aliphatic rings. The van der Waals surface area contributed by atoms with Crippen molar-refractivity contribution in [2.75, 3.05) is 6.54 Å². The molecule has 4 heteroatoms. The Bertz CT molecular complexity index is 335. The summed E-state index contributed by atoms with van der Waals surface area (Å²) in [6, 6.07) is 3.54. The van der Waals surface area contributed by atoms with Crippen molar-refractivity contribution in [3.05, 3.63) is 24.0 Å². The molecule has 2 unspecified atom stereocenters. The topological polar surface area (TPSA) is 65.1 Å². The van der Waals surface area contributed by atoms with Crippen molar-refractivity contribution in [2.24, 2.45) is 5.92 Å². The number of rotatable bonds is 3. The second-order valence-electron chi connectivity index (χ2n) is 4.41. The third kappa shape index (κ3) is 2.64. The number of nitrogens with one attached hydrogen (secondary N) is 2. The van der Waals surface area contributed by atoms with Crippen molar-refractivity contribution in [3.8, 4) is 0 Å². The second-order valence-corrected chi connectivity index (χ2v) is 4.41. The molecule has 1 heterocycles. The maximum absolute atomic E-state index is 11.6. The largest absolute Gasteiger partial charge is 0.393 e. The van der Waals surface area contributed by atoms with Crippen LogP contribution in [0.4, 0.5) is 0 Å². The van der Waals surface area contributed by atoms with Crippen LogP contribution in [0.5, 0.6) is 0 Å². The summed E-state index contributed by atoms with van der Waals surface area (Å²) in [6.07, 6.45) is 5.60. The van der Waals surface area contributed by atoms with E-state index in [4.69, 9.17) is 0 Å². The van der Waals surface area contributed by atoms with Crippen LogP contribution >= 0.6 is 0 Å². The summed E-state index contributed by atoms with van der Waals surface area (Å²) in [4.78, 5) is 14.5. The molecule has 88 valence electrons. The number of aliphatic hydroxyl groups is 1. The summed E-state index contributed by atoms with van der Waals surface area (Å²) >= 11 is 0. The normalized spacial score (nSPS) is 25.3. The number of carbonyl (C=O) groups is 1. The van der Waals surface area contributed by atoms with Crippen molar-refractivity contribution in [1.82, 2.24) is 10.3 Å². The predicted molar refractivity (Wildman–Crippen MR) is 61.1 cm³/mol. The van der Waals surface area contributed by atoms with Gasteiger partial charge in [0.05, 0.1) is 6.10 Å². The highest BCUT2D eigenvalue weighted by atomic mass is 16.3. The Morgan fingerprint density at radius 1 is 1.50 bits per heavy atom. The monoisotopic (exact) mass is 222 g/mol. The lowest BCUT2D eigenvalue weighted by atomic mass is 9.86. The zero-order valence-electron chi connectivity index (χ0n) is 9.28. The third-order valence-corrected chi connectivity index (χ3v) is 3.24. The molecule has 1 aromatic rings. The minimum Gasteiger partial charge on any atom is -0.393 e. The molecule has 0 aromatic carbocycles. The second kappa shape index (κ2) is 5.16. The van der Waals surface area contributed by atoms with Crippen LogP contribution in [0, 0.1) is 5.92 Å². The molecule has 0 bridgehead atoms. The molecule has 1 aromatic heterocycles. The summed E-state index contributed by atoms with van der Waals surface area (Å²) in [5, 5.41) is 12.6. The predicted octanol–water partition coefficient (Wildman–Crippen LogP) is 1.30. The van der Waals surface area contributed by atoms with E-state index >= 15 is 0 Å². The number of hydrogen-bond donors (Lipinski definition) is 3. The van der Waals surface area contributed by atoms with E-state index in [-0.39, 0.29) is 17.9 Å². The molecule has 1 saturated carbocycles. The highest BCUT2D eigenvalue weighted by Crippen LogP contribution is 2.23. The maximum atomic E-state index is 11.6. The van der Waals surface area contributed by atoms with Gasteiger partial charge in [0.15, 0.2) is 0 Å². The molecule has 0 spiro atoms. The van der Waals surface area contributed by atoms with E-state index in [2.05, 4.69) is 10.3 Å². The zero-order chi connectivity index (χ0) is 11.4. The SMILES string of the molecule is O=C(NCC1CCCCC1O)c1ccc[nH]1. The first kappa shape index (κ1) is 11.2. The van der Waals surface area contributed by atoms with Gasteiger partial charge in [0, 0.05) is 18.7 Å². The van der Waals surface area contributed by atoms with E-state index in [1.165, 1.54) is 0 Å². The lowest BCUT2D eigenvalue weighted by molar-refractivity contribution is 0.0662. The van der Waals surface area contributed by atoms with E-state index in [0.29, 0.717) is 12.2 Å². The van der Waals surface area contributed by atoms with Gasteiger partial charge in [-0.25, -0.2) is 0 Å². The molecule has 4 nitrogen and oxygen atoms in total. The maximum Gasteiger partial charge on any atom is 0.267 e. The van der Waals surface area contributed by atoms with Gasteiger partial charge in [-0.05, 0) is 25.0 Å². The minimum absolute atomic E-state index is 0.0947. The average molecular weight is 222 g/mol. The van der Waals surface area contributed by atoms with Crippen LogP contribution in [0.25, 0.3) is 0 Å². The molecular formula is C12H18N2O2. The quantitative estimate of drug-likeness (QED) is 0.721. The van der Waals surface area contributed by atoms with Gasteiger partial charge in [-0.3, -0.25) is 4.79 Å². The standard InChI is InChI=1S/C12H18N2O2/c15-11-6-2-1-4-9(11)8-14-12(16)10-5-3-7-13-10/h3,5,7,9,11,13,15H,1-2,4,6,8H2,(H,14,16). The molecule has 1 amide bonds. The van der Waals surface area contributed by atoms with Crippen LogP contribution in [-0.2, 0) is 0 Å². The van der Waals surface area contributed by atoms with Gasteiger partial charge in [-0.1, -0.05) is 12.8 Å². The number of aromatic amines is 1. The molecule has 2 atom stereocenters. The number of amides is 1. The summed E-state index contributed by atoms with van der Waals surface area (Å²) in [5.74, 6) is 0.121. The Balaban J connectivity index is 1.80. The van der Waals surface area contributed by atoms with Crippen molar-refractivity contribution in [2.45, 2.75) is 31.8 Å². The fourth-order valence-electron chi connectivity index (χ4n) is 2.22. The molecule has 1 aliphatic carbocycles. The van der Waals surface area contributed by atoms with Crippen LogP contribution < -0.4 is 5.32 Å². The Hall–Kier alpha value is -1.29. The number of carbonyl (C=O) groups excluding carboxylic acids is 1.